The maximum Gasteiger partial charge on any atom is 0.409 e. The van der Waals surface area contributed by atoms with Gasteiger partial charge in [0.05, 0.1) is 18.7 Å². The summed E-state index contributed by atoms with van der Waals surface area (Å²) in [6.07, 6.45) is -2.13. The van der Waals surface area contributed by atoms with Crippen molar-refractivity contribution in [3.8, 4) is 5.75 Å². The number of aliphatic carboxylic acids is 1. The van der Waals surface area contributed by atoms with Gasteiger partial charge in [0.2, 0.25) is 12.0 Å². The zero-order valence-electron chi connectivity index (χ0n) is 26.1. The Hall–Kier alpha value is -5.20. The van der Waals surface area contributed by atoms with Crippen LogP contribution in [0.5, 0.6) is 5.75 Å². The molecule has 13 heteroatoms. The van der Waals surface area contributed by atoms with Crippen LogP contribution in [-0.2, 0) is 23.9 Å². The van der Waals surface area contributed by atoms with Crippen LogP contribution in [0.3, 0.4) is 0 Å². The number of ether oxygens (including phenoxy) is 3. The number of carboxylic acid groups (broad SMARTS) is 1. The summed E-state index contributed by atoms with van der Waals surface area (Å²) in [5, 5.41) is 12.5. The topological polar surface area (TPSA) is 165 Å². The Labute approximate surface area is 266 Å². The van der Waals surface area contributed by atoms with Crippen LogP contribution >= 0.6 is 0 Å². The number of hydrogen-bond acceptors (Lipinski definition) is 9. The van der Waals surface area contributed by atoms with Gasteiger partial charge < -0.3 is 34.4 Å². The van der Waals surface area contributed by atoms with Gasteiger partial charge in [-0.3, -0.25) is 14.4 Å². The van der Waals surface area contributed by atoms with E-state index in [4.69, 9.17) is 14.2 Å². The highest BCUT2D eigenvalue weighted by Gasteiger charge is 2.32. The largest absolute Gasteiger partial charge is 0.481 e. The van der Waals surface area contributed by atoms with Crippen molar-refractivity contribution >= 4 is 40.7 Å². The Morgan fingerprint density at radius 3 is 2.24 bits per heavy atom. The zero-order chi connectivity index (χ0) is 33.2. The number of carbonyl (C=O) groups is 5. The van der Waals surface area contributed by atoms with Gasteiger partial charge in [-0.2, -0.15) is 0 Å². The van der Waals surface area contributed by atoms with E-state index in [0.717, 1.165) is 5.56 Å². The molecule has 3 amide bonds. The Kier molecular flexibility index (Phi) is 11.5. The highest BCUT2D eigenvalue weighted by molar-refractivity contribution is 5.99. The first-order valence-corrected chi connectivity index (χ1v) is 15.1. The van der Waals surface area contributed by atoms with Crippen LogP contribution in [0.2, 0.25) is 0 Å². The van der Waals surface area contributed by atoms with E-state index in [9.17, 15) is 29.1 Å². The normalized spacial score (nSPS) is 14.2. The molecule has 46 heavy (non-hydrogen) atoms. The SMILES string of the molecule is CCOC(=O)C(Oc1cc(C(=O)N[C@@H](CCC(=O)O)C(=O)N2CCN(C(=O)OCC)CC2)nc2cc(C)ccc12)c1ccccc1. The maximum atomic E-state index is 13.7. The predicted molar refractivity (Wildman–Crippen MR) is 166 cm³/mol. The van der Waals surface area contributed by atoms with E-state index in [1.165, 1.54) is 15.9 Å². The summed E-state index contributed by atoms with van der Waals surface area (Å²) in [6.45, 7) is 6.48. The molecule has 3 aromatic rings. The number of aromatic nitrogens is 1. The van der Waals surface area contributed by atoms with Crippen LogP contribution in [0.1, 0.15) is 54.4 Å². The van der Waals surface area contributed by atoms with Crippen LogP contribution < -0.4 is 10.1 Å². The molecule has 4 rings (SSSR count). The highest BCUT2D eigenvalue weighted by Crippen LogP contribution is 2.31. The average Bonchev–Trinajstić information content (AvgIpc) is 3.05. The molecule has 0 saturated carbocycles. The smallest absolute Gasteiger partial charge is 0.409 e. The van der Waals surface area contributed by atoms with E-state index in [0.29, 0.717) is 16.5 Å². The van der Waals surface area contributed by atoms with Gasteiger partial charge in [0.25, 0.3) is 5.91 Å². The predicted octanol–water partition coefficient (Wildman–Crippen LogP) is 3.49. The molecule has 0 radical (unpaired) electrons. The minimum atomic E-state index is -1.17. The quantitative estimate of drug-likeness (QED) is 0.282. The number of amides is 3. The lowest BCUT2D eigenvalue weighted by atomic mass is 10.1. The fourth-order valence-corrected chi connectivity index (χ4v) is 5.05. The van der Waals surface area contributed by atoms with E-state index >= 15 is 0 Å². The van der Waals surface area contributed by atoms with E-state index in [1.54, 1.807) is 56.3 Å². The first-order chi connectivity index (χ1) is 22.1. The standard InChI is InChI=1S/C33H38N4O9/c1-4-44-32(42)29(22-9-7-6-8-10-22)46-27-20-26(34-25-19-21(3)11-12-23(25)27)30(40)35-24(13-14-28(38)39)31(41)36-15-17-37(18-16-36)33(43)45-5-2/h6-12,19-20,24,29H,4-5,13-18H2,1-3H3,(H,35,40)(H,38,39)/t24-,29?/m0/s1. The molecule has 0 bridgehead atoms. The molecule has 13 nitrogen and oxygen atoms in total. The summed E-state index contributed by atoms with van der Waals surface area (Å²) >= 11 is 0. The van der Waals surface area contributed by atoms with Gasteiger partial charge in [-0.15, -0.1) is 0 Å². The third-order valence-corrected chi connectivity index (χ3v) is 7.38. The van der Waals surface area contributed by atoms with Crippen LogP contribution in [0.4, 0.5) is 4.79 Å². The fourth-order valence-electron chi connectivity index (χ4n) is 5.05. The number of aryl methyl sites for hydroxylation is 1. The Morgan fingerprint density at radius 1 is 0.913 bits per heavy atom. The third-order valence-electron chi connectivity index (χ3n) is 7.38. The number of benzene rings is 2. The molecule has 1 unspecified atom stereocenters. The lowest BCUT2D eigenvalue weighted by Gasteiger charge is -2.35. The fraction of sp³-hybridized carbons (Fsp3) is 0.394. The van der Waals surface area contributed by atoms with Crippen molar-refractivity contribution in [1.29, 1.82) is 0 Å². The van der Waals surface area contributed by atoms with Crippen molar-refractivity contribution in [3.63, 3.8) is 0 Å². The maximum absolute atomic E-state index is 13.7. The lowest BCUT2D eigenvalue weighted by molar-refractivity contribution is -0.151. The molecule has 244 valence electrons. The number of hydrogen-bond donors (Lipinski definition) is 2. The molecule has 1 saturated heterocycles. The molecule has 2 N–H and O–H groups in total. The molecule has 2 aromatic carbocycles. The molecule has 0 aliphatic carbocycles. The van der Waals surface area contributed by atoms with E-state index < -0.39 is 42.0 Å². The number of fused-ring (bicyclic) bond motifs is 1. The summed E-state index contributed by atoms with van der Waals surface area (Å²) in [5.74, 6) is -2.74. The first kappa shape index (κ1) is 33.7. The summed E-state index contributed by atoms with van der Waals surface area (Å²) in [7, 11) is 0. The number of carbonyl (C=O) groups excluding carboxylic acids is 4. The number of piperazine rings is 1. The van der Waals surface area contributed by atoms with Gasteiger partial charge >= 0.3 is 18.0 Å². The van der Waals surface area contributed by atoms with Crippen LogP contribution in [0.25, 0.3) is 10.9 Å². The zero-order valence-corrected chi connectivity index (χ0v) is 26.1. The average molecular weight is 635 g/mol. The number of carboxylic acids is 1. The molecular formula is C33H38N4O9. The van der Waals surface area contributed by atoms with Crippen molar-refractivity contribution in [2.45, 2.75) is 45.8 Å². The Bertz CT molecular complexity index is 1570. The van der Waals surface area contributed by atoms with Crippen molar-refractivity contribution in [1.82, 2.24) is 20.1 Å². The first-order valence-electron chi connectivity index (χ1n) is 15.1. The van der Waals surface area contributed by atoms with Crippen molar-refractivity contribution < 1.29 is 43.3 Å². The minimum Gasteiger partial charge on any atom is -0.481 e. The molecule has 1 fully saturated rings. The van der Waals surface area contributed by atoms with Crippen molar-refractivity contribution in [3.05, 3.63) is 71.4 Å². The van der Waals surface area contributed by atoms with Gasteiger partial charge in [0.1, 0.15) is 17.5 Å². The van der Waals surface area contributed by atoms with Crippen molar-refractivity contribution in [2.24, 2.45) is 0 Å². The minimum absolute atomic E-state index is 0.0935. The number of esters is 1. The van der Waals surface area contributed by atoms with E-state index in [2.05, 4.69) is 10.3 Å². The molecule has 0 spiro atoms. The van der Waals surface area contributed by atoms with Crippen LogP contribution in [-0.4, -0.2) is 95.2 Å². The molecule has 1 aliphatic heterocycles. The molecule has 2 heterocycles. The number of rotatable bonds is 12. The summed E-state index contributed by atoms with van der Waals surface area (Å²) < 4.78 is 16.6. The second kappa shape index (κ2) is 15.7. The van der Waals surface area contributed by atoms with Crippen LogP contribution in [0.15, 0.2) is 54.6 Å². The molecule has 1 aliphatic rings. The summed E-state index contributed by atoms with van der Waals surface area (Å²) in [5.41, 5.74) is 1.74. The van der Waals surface area contributed by atoms with Crippen molar-refractivity contribution in [2.75, 3.05) is 39.4 Å². The lowest BCUT2D eigenvalue weighted by Crippen LogP contribution is -2.56. The second-order valence-electron chi connectivity index (χ2n) is 10.7. The van der Waals surface area contributed by atoms with Crippen LogP contribution in [0, 0.1) is 6.92 Å². The third kappa shape index (κ3) is 8.49. The number of pyridine rings is 1. The molecule has 2 atom stereocenters. The summed E-state index contributed by atoms with van der Waals surface area (Å²) in [4.78, 5) is 71.2. The van der Waals surface area contributed by atoms with E-state index in [1.807, 2.05) is 13.0 Å². The number of nitrogens with zero attached hydrogens (tertiary/aromatic N) is 3. The van der Waals surface area contributed by atoms with Gasteiger partial charge in [0.15, 0.2) is 0 Å². The van der Waals surface area contributed by atoms with Gasteiger partial charge in [0, 0.05) is 49.6 Å². The Balaban J connectivity index is 1.62. The van der Waals surface area contributed by atoms with Gasteiger partial charge in [-0.05, 0) is 44.9 Å². The van der Waals surface area contributed by atoms with Gasteiger partial charge in [-0.1, -0.05) is 36.4 Å². The monoisotopic (exact) mass is 634 g/mol. The van der Waals surface area contributed by atoms with Gasteiger partial charge in [-0.25, -0.2) is 14.6 Å². The number of nitrogens with one attached hydrogen (secondary N) is 1. The molecular weight excluding hydrogens is 596 g/mol. The second-order valence-corrected chi connectivity index (χ2v) is 10.7. The summed E-state index contributed by atoms with van der Waals surface area (Å²) in [6, 6.07) is 14.4. The van der Waals surface area contributed by atoms with E-state index in [-0.39, 0.29) is 63.7 Å². The highest BCUT2D eigenvalue weighted by atomic mass is 16.6. The molecule has 1 aromatic heterocycles. The Morgan fingerprint density at radius 2 is 1.59 bits per heavy atom.